The molecule has 7 nitrogen and oxygen atoms in total. The molecule has 1 unspecified atom stereocenters. The van der Waals surface area contributed by atoms with Crippen LogP contribution in [0.15, 0.2) is 48.5 Å². The highest BCUT2D eigenvalue weighted by molar-refractivity contribution is 6.01. The SMILES string of the molecule is Cc1ccc(C(=O)NC(C(=O)Nc2cccc([N+](=O)[O-])c2)C(C)C)cc1. The number of benzene rings is 2. The quantitative estimate of drug-likeness (QED) is 0.613. The summed E-state index contributed by atoms with van der Waals surface area (Å²) in [5, 5.41) is 16.2. The van der Waals surface area contributed by atoms with Crippen LogP contribution in [0.4, 0.5) is 11.4 Å². The summed E-state index contributed by atoms with van der Waals surface area (Å²) in [6.45, 7) is 5.55. The topological polar surface area (TPSA) is 101 Å². The summed E-state index contributed by atoms with van der Waals surface area (Å²) in [5.41, 5.74) is 1.68. The van der Waals surface area contributed by atoms with Gasteiger partial charge in [-0.2, -0.15) is 0 Å². The fraction of sp³-hybridized carbons (Fsp3) is 0.263. The Labute approximate surface area is 151 Å². The lowest BCUT2D eigenvalue weighted by Crippen LogP contribution is -2.47. The average Bonchev–Trinajstić information content (AvgIpc) is 2.59. The van der Waals surface area contributed by atoms with Crippen LogP contribution in [0, 0.1) is 23.0 Å². The number of hydrogen-bond donors (Lipinski definition) is 2. The monoisotopic (exact) mass is 355 g/mol. The van der Waals surface area contributed by atoms with Crippen molar-refractivity contribution in [1.29, 1.82) is 0 Å². The summed E-state index contributed by atoms with van der Waals surface area (Å²) in [6, 6.07) is 11.9. The van der Waals surface area contributed by atoms with Gasteiger partial charge in [-0.3, -0.25) is 19.7 Å². The third-order valence-electron chi connectivity index (χ3n) is 3.87. The van der Waals surface area contributed by atoms with Gasteiger partial charge in [0.2, 0.25) is 5.91 Å². The lowest BCUT2D eigenvalue weighted by atomic mass is 10.0. The van der Waals surface area contributed by atoms with Gasteiger partial charge < -0.3 is 10.6 Å². The van der Waals surface area contributed by atoms with Crippen molar-refractivity contribution in [1.82, 2.24) is 5.32 Å². The zero-order valence-electron chi connectivity index (χ0n) is 14.9. The van der Waals surface area contributed by atoms with Crippen LogP contribution >= 0.6 is 0 Å². The van der Waals surface area contributed by atoms with Gasteiger partial charge in [0, 0.05) is 23.4 Å². The molecule has 136 valence electrons. The second-order valence-corrected chi connectivity index (χ2v) is 6.36. The van der Waals surface area contributed by atoms with E-state index in [1.807, 2.05) is 32.9 Å². The number of anilines is 1. The molecule has 0 aliphatic heterocycles. The van der Waals surface area contributed by atoms with Gasteiger partial charge >= 0.3 is 0 Å². The van der Waals surface area contributed by atoms with Crippen LogP contribution in [-0.4, -0.2) is 22.8 Å². The van der Waals surface area contributed by atoms with E-state index in [9.17, 15) is 19.7 Å². The van der Waals surface area contributed by atoms with E-state index in [0.717, 1.165) is 5.56 Å². The maximum atomic E-state index is 12.6. The van der Waals surface area contributed by atoms with Crippen LogP contribution in [0.25, 0.3) is 0 Å². The summed E-state index contributed by atoms with van der Waals surface area (Å²) in [4.78, 5) is 35.3. The van der Waals surface area contributed by atoms with Crippen molar-refractivity contribution in [3.8, 4) is 0 Å². The summed E-state index contributed by atoms with van der Waals surface area (Å²) in [7, 11) is 0. The van der Waals surface area contributed by atoms with Gasteiger partial charge in [-0.1, -0.05) is 37.6 Å². The van der Waals surface area contributed by atoms with Gasteiger partial charge in [0.1, 0.15) is 6.04 Å². The van der Waals surface area contributed by atoms with Crippen molar-refractivity contribution >= 4 is 23.2 Å². The summed E-state index contributed by atoms with van der Waals surface area (Å²) >= 11 is 0. The molecule has 0 fully saturated rings. The second-order valence-electron chi connectivity index (χ2n) is 6.36. The number of carbonyl (C=O) groups is 2. The first-order chi connectivity index (χ1) is 12.3. The lowest BCUT2D eigenvalue weighted by Gasteiger charge is -2.21. The zero-order valence-corrected chi connectivity index (χ0v) is 14.9. The molecule has 26 heavy (non-hydrogen) atoms. The molecule has 2 aromatic carbocycles. The van der Waals surface area contributed by atoms with Crippen molar-refractivity contribution in [2.75, 3.05) is 5.32 Å². The third kappa shape index (κ3) is 4.89. The first kappa shape index (κ1) is 19.1. The van der Waals surface area contributed by atoms with Crippen LogP contribution in [0.5, 0.6) is 0 Å². The van der Waals surface area contributed by atoms with Gasteiger partial charge in [-0.15, -0.1) is 0 Å². The third-order valence-corrected chi connectivity index (χ3v) is 3.87. The Morgan fingerprint density at radius 3 is 2.31 bits per heavy atom. The average molecular weight is 355 g/mol. The number of nitrogens with one attached hydrogen (secondary N) is 2. The fourth-order valence-corrected chi connectivity index (χ4v) is 2.38. The van der Waals surface area contributed by atoms with E-state index in [1.54, 1.807) is 18.2 Å². The van der Waals surface area contributed by atoms with Crippen molar-refractivity contribution < 1.29 is 14.5 Å². The van der Waals surface area contributed by atoms with Gasteiger partial charge in [-0.25, -0.2) is 0 Å². The highest BCUT2D eigenvalue weighted by atomic mass is 16.6. The van der Waals surface area contributed by atoms with E-state index < -0.39 is 16.9 Å². The number of nitrogens with zero attached hydrogens (tertiary/aromatic N) is 1. The Bertz CT molecular complexity index is 816. The molecule has 2 rings (SSSR count). The number of hydrogen-bond acceptors (Lipinski definition) is 4. The standard InChI is InChI=1S/C19H21N3O4/c1-12(2)17(21-18(23)14-9-7-13(3)8-10-14)19(24)20-15-5-4-6-16(11-15)22(25)26/h4-12,17H,1-3H3,(H,20,24)(H,21,23). The molecule has 0 spiro atoms. The van der Waals surface area contributed by atoms with Crippen LogP contribution < -0.4 is 10.6 Å². The minimum absolute atomic E-state index is 0.118. The molecule has 2 N–H and O–H groups in total. The van der Waals surface area contributed by atoms with E-state index >= 15 is 0 Å². The van der Waals surface area contributed by atoms with E-state index in [2.05, 4.69) is 10.6 Å². The highest BCUT2D eigenvalue weighted by Crippen LogP contribution is 2.18. The molecule has 1 atom stereocenters. The molecular formula is C19H21N3O4. The largest absolute Gasteiger partial charge is 0.340 e. The first-order valence-electron chi connectivity index (χ1n) is 8.21. The van der Waals surface area contributed by atoms with Crippen LogP contribution in [0.2, 0.25) is 0 Å². The number of rotatable bonds is 6. The summed E-state index contributed by atoms with van der Waals surface area (Å²) in [6.07, 6.45) is 0. The first-order valence-corrected chi connectivity index (χ1v) is 8.21. The van der Waals surface area contributed by atoms with Crippen molar-refractivity contribution in [3.63, 3.8) is 0 Å². The number of non-ortho nitro benzene ring substituents is 1. The number of nitro groups is 1. The smallest absolute Gasteiger partial charge is 0.271 e. The maximum Gasteiger partial charge on any atom is 0.271 e. The lowest BCUT2D eigenvalue weighted by molar-refractivity contribution is -0.384. The zero-order chi connectivity index (χ0) is 19.3. The molecule has 2 aromatic rings. The highest BCUT2D eigenvalue weighted by Gasteiger charge is 2.25. The molecule has 0 bridgehead atoms. The molecule has 0 aliphatic carbocycles. The molecule has 0 saturated carbocycles. The Morgan fingerprint density at radius 1 is 1.08 bits per heavy atom. The number of nitro benzene ring substituents is 1. The summed E-state index contributed by atoms with van der Waals surface area (Å²) in [5.74, 6) is -0.943. The summed E-state index contributed by atoms with van der Waals surface area (Å²) < 4.78 is 0. The molecule has 7 heteroatoms. The second kappa shape index (κ2) is 8.24. The molecular weight excluding hydrogens is 334 g/mol. The fourth-order valence-electron chi connectivity index (χ4n) is 2.38. The van der Waals surface area contributed by atoms with E-state index in [1.165, 1.54) is 18.2 Å². The Balaban J connectivity index is 2.12. The van der Waals surface area contributed by atoms with E-state index in [-0.39, 0.29) is 17.5 Å². The van der Waals surface area contributed by atoms with Crippen molar-refractivity contribution in [2.24, 2.45) is 5.92 Å². The van der Waals surface area contributed by atoms with Crippen molar-refractivity contribution in [2.45, 2.75) is 26.8 Å². The number of amides is 2. The molecule has 0 radical (unpaired) electrons. The van der Waals surface area contributed by atoms with E-state index in [0.29, 0.717) is 11.3 Å². The van der Waals surface area contributed by atoms with Crippen molar-refractivity contribution in [3.05, 3.63) is 69.8 Å². The maximum absolute atomic E-state index is 12.6. The molecule has 0 heterocycles. The van der Waals surface area contributed by atoms with Crippen LogP contribution in [-0.2, 0) is 4.79 Å². The minimum atomic E-state index is -0.775. The predicted molar refractivity (Wildman–Crippen MR) is 99.0 cm³/mol. The van der Waals surface area contributed by atoms with Crippen LogP contribution in [0.3, 0.4) is 0 Å². The van der Waals surface area contributed by atoms with Gasteiger partial charge in [0.25, 0.3) is 11.6 Å². The Hall–Kier alpha value is -3.22. The number of aryl methyl sites for hydroxylation is 1. The molecule has 0 aromatic heterocycles. The van der Waals surface area contributed by atoms with Crippen LogP contribution in [0.1, 0.15) is 29.8 Å². The van der Waals surface area contributed by atoms with Gasteiger partial charge in [-0.05, 0) is 31.0 Å². The Morgan fingerprint density at radius 2 is 1.73 bits per heavy atom. The molecule has 0 aliphatic rings. The molecule has 2 amide bonds. The minimum Gasteiger partial charge on any atom is -0.340 e. The Kier molecular flexibility index (Phi) is 6.06. The van der Waals surface area contributed by atoms with E-state index in [4.69, 9.17) is 0 Å². The number of carbonyl (C=O) groups excluding carboxylic acids is 2. The molecule has 0 saturated heterocycles. The van der Waals surface area contributed by atoms with Gasteiger partial charge in [0.05, 0.1) is 4.92 Å². The normalized spacial score (nSPS) is 11.7. The predicted octanol–water partition coefficient (Wildman–Crippen LogP) is 3.30. The van der Waals surface area contributed by atoms with Gasteiger partial charge in [0.15, 0.2) is 0 Å².